The van der Waals surface area contributed by atoms with Crippen molar-refractivity contribution < 1.29 is 4.52 Å². The van der Waals surface area contributed by atoms with Gasteiger partial charge >= 0.3 is 0 Å². The molecule has 15 heavy (non-hydrogen) atoms. The van der Waals surface area contributed by atoms with Crippen molar-refractivity contribution in [1.82, 2.24) is 15.1 Å². The molecule has 3 N–H and O–H groups in total. The number of nitrogen functional groups attached to an aromatic ring is 1. The van der Waals surface area contributed by atoms with Crippen LogP contribution in [0.5, 0.6) is 0 Å². The highest BCUT2D eigenvalue weighted by atomic mass is 16.5. The molecule has 2 heterocycles. The van der Waals surface area contributed by atoms with E-state index in [0.29, 0.717) is 23.9 Å². The second-order valence-corrected chi connectivity index (χ2v) is 3.13. The lowest BCUT2D eigenvalue weighted by Gasteiger charge is -2.04. The van der Waals surface area contributed by atoms with Gasteiger partial charge in [0.15, 0.2) is 5.82 Å². The van der Waals surface area contributed by atoms with Crippen molar-refractivity contribution in [3.63, 3.8) is 0 Å². The van der Waals surface area contributed by atoms with Gasteiger partial charge < -0.3 is 15.6 Å². The van der Waals surface area contributed by atoms with E-state index in [0.717, 1.165) is 5.56 Å². The Balaban J connectivity index is 2.02. The quantitative estimate of drug-likeness (QED) is 0.775. The number of nitrogens with two attached hydrogens (primary N) is 1. The lowest BCUT2D eigenvalue weighted by atomic mass is 10.2. The molecule has 0 amide bonds. The van der Waals surface area contributed by atoms with Crippen LogP contribution in [0.3, 0.4) is 0 Å². The van der Waals surface area contributed by atoms with Crippen LogP contribution in [-0.2, 0) is 6.54 Å². The number of hydrogen-bond acceptors (Lipinski definition) is 6. The molecular formula is C9H11N5O. The fourth-order valence-corrected chi connectivity index (χ4v) is 1.08. The van der Waals surface area contributed by atoms with Crippen LogP contribution < -0.4 is 11.1 Å². The largest absolute Gasteiger partial charge is 0.398 e. The topological polar surface area (TPSA) is 89.9 Å². The zero-order valence-corrected chi connectivity index (χ0v) is 8.27. The highest BCUT2D eigenvalue weighted by Crippen LogP contribution is 2.13. The zero-order valence-electron chi connectivity index (χ0n) is 8.27. The molecule has 0 aliphatic heterocycles. The first kappa shape index (κ1) is 9.45. The maximum atomic E-state index is 5.74. The number of aromatic nitrogens is 3. The first-order valence-corrected chi connectivity index (χ1v) is 4.47. The normalized spacial score (nSPS) is 10.2. The summed E-state index contributed by atoms with van der Waals surface area (Å²) in [7, 11) is 0. The molecule has 6 heteroatoms. The van der Waals surface area contributed by atoms with E-state index in [2.05, 4.69) is 25.0 Å². The minimum atomic E-state index is 0.464. The van der Waals surface area contributed by atoms with Gasteiger partial charge in [0.1, 0.15) is 5.82 Å². The van der Waals surface area contributed by atoms with Crippen LogP contribution in [0.1, 0.15) is 11.4 Å². The Labute approximate surface area is 86.5 Å². The molecule has 2 aromatic heterocycles. The molecule has 0 unspecified atom stereocenters. The number of hydrogen-bond donors (Lipinski definition) is 2. The van der Waals surface area contributed by atoms with Gasteiger partial charge in [0, 0.05) is 18.0 Å². The molecule has 0 atom stereocenters. The summed E-state index contributed by atoms with van der Waals surface area (Å²) in [6.07, 6.45) is 3.00. The molecule has 0 saturated carbocycles. The number of nitrogens with zero attached hydrogens (tertiary/aromatic N) is 3. The average Bonchev–Trinajstić information content (AvgIpc) is 2.73. The van der Waals surface area contributed by atoms with Crippen LogP contribution in [0, 0.1) is 6.92 Å². The molecular weight excluding hydrogens is 194 g/mol. The number of anilines is 2. The molecule has 0 aliphatic rings. The van der Waals surface area contributed by atoms with Gasteiger partial charge in [-0.2, -0.15) is 4.98 Å². The summed E-state index contributed by atoms with van der Waals surface area (Å²) in [5, 5.41) is 6.70. The Morgan fingerprint density at radius 2 is 2.33 bits per heavy atom. The maximum absolute atomic E-state index is 5.74. The highest BCUT2D eigenvalue weighted by Gasteiger charge is 2.00. The first-order chi connectivity index (χ1) is 7.25. The summed E-state index contributed by atoms with van der Waals surface area (Å²) in [5.74, 6) is 1.28. The van der Waals surface area contributed by atoms with Crippen molar-refractivity contribution in [2.45, 2.75) is 13.5 Å². The maximum Gasteiger partial charge on any atom is 0.213 e. The molecule has 0 aliphatic carbocycles. The van der Waals surface area contributed by atoms with Gasteiger partial charge in [-0.25, -0.2) is 4.98 Å². The van der Waals surface area contributed by atoms with Crippen molar-refractivity contribution in [3.8, 4) is 0 Å². The predicted molar refractivity (Wildman–Crippen MR) is 55.0 cm³/mol. The van der Waals surface area contributed by atoms with Gasteiger partial charge in [-0.3, -0.25) is 0 Å². The molecule has 6 nitrogen and oxygen atoms in total. The Hall–Kier alpha value is -2.11. The molecule has 0 fully saturated rings. The third-order valence-corrected chi connectivity index (χ3v) is 1.98. The Morgan fingerprint density at radius 3 is 3.00 bits per heavy atom. The van der Waals surface area contributed by atoms with E-state index in [4.69, 9.17) is 5.73 Å². The summed E-state index contributed by atoms with van der Waals surface area (Å²) >= 11 is 0. The summed E-state index contributed by atoms with van der Waals surface area (Å²) in [4.78, 5) is 8.03. The van der Waals surface area contributed by atoms with Crippen molar-refractivity contribution in [3.05, 3.63) is 30.0 Å². The third-order valence-electron chi connectivity index (χ3n) is 1.98. The van der Waals surface area contributed by atoms with Crippen LogP contribution in [0.4, 0.5) is 11.5 Å². The van der Waals surface area contributed by atoms with E-state index in [1.165, 1.54) is 6.39 Å². The minimum absolute atomic E-state index is 0.464. The lowest BCUT2D eigenvalue weighted by Crippen LogP contribution is -2.04. The van der Waals surface area contributed by atoms with Gasteiger partial charge in [-0.15, -0.1) is 0 Å². The SMILES string of the molecule is Cc1cnc(NCc2ncon2)cc1N. The zero-order chi connectivity index (χ0) is 10.7. The molecule has 0 saturated heterocycles. The monoisotopic (exact) mass is 205 g/mol. The first-order valence-electron chi connectivity index (χ1n) is 4.47. The molecule has 0 aromatic carbocycles. The van der Waals surface area contributed by atoms with Gasteiger partial charge in [0.25, 0.3) is 0 Å². The second kappa shape index (κ2) is 3.95. The van der Waals surface area contributed by atoms with Crippen molar-refractivity contribution >= 4 is 11.5 Å². The highest BCUT2D eigenvalue weighted by molar-refractivity contribution is 5.53. The fraction of sp³-hybridized carbons (Fsp3) is 0.222. The fourth-order valence-electron chi connectivity index (χ4n) is 1.08. The number of aryl methyl sites for hydroxylation is 1. The van der Waals surface area contributed by atoms with E-state index in [1.807, 2.05) is 6.92 Å². The van der Waals surface area contributed by atoms with E-state index < -0.39 is 0 Å². The summed E-state index contributed by atoms with van der Waals surface area (Å²) < 4.78 is 4.60. The van der Waals surface area contributed by atoms with Crippen LogP contribution in [0.25, 0.3) is 0 Å². The number of rotatable bonds is 3. The van der Waals surface area contributed by atoms with Crippen molar-refractivity contribution in [2.75, 3.05) is 11.1 Å². The van der Waals surface area contributed by atoms with Crippen LogP contribution in [0.2, 0.25) is 0 Å². The van der Waals surface area contributed by atoms with Gasteiger partial charge in [-0.1, -0.05) is 5.16 Å². The van der Waals surface area contributed by atoms with E-state index in [-0.39, 0.29) is 0 Å². The van der Waals surface area contributed by atoms with Crippen molar-refractivity contribution in [2.24, 2.45) is 0 Å². The van der Waals surface area contributed by atoms with Gasteiger partial charge in [0.2, 0.25) is 6.39 Å². The molecule has 78 valence electrons. The molecule has 0 radical (unpaired) electrons. The molecule has 2 aromatic rings. The smallest absolute Gasteiger partial charge is 0.213 e. The predicted octanol–water partition coefficient (Wildman–Crippen LogP) is 0.967. The number of pyridine rings is 1. The Kier molecular flexibility index (Phi) is 2.49. The van der Waals surface area contributed by atoms with Gasteiger partial charge in [0.05, 0.1) is 6.54 Å². The number of nitrogens with one attached hydrogen (secondary N) is 1. The lowest BCUT2D eigenvalue weighted by molar-refractivity contribution is 0.411. The van der Waals surface area contributed by atoms with E-state index in [9.17, 15) is 0 Å². The second-order valence-electron chi connectivity index (χ2n) is 3.13. The molecule has 0 bridgehead atoms. The summed E-state index contributed by atoms with van der Waals surface area (Å²) in [6, 6.07) is 1.77. The molecule has 2 rings (SSSR count). The minimum Gasteiger partial charge on any atom is -0.398 e. The average molecular weight is 205 g/mol. The Morgan fingerprint density at radius 1 is 1.47 bits per heavy atom. The van der Waals surface area contributed by atoms with Crippen LogP contribution in [0.15, 0.2) is 23.2 Å². The van der Waals surface area contributed by atoms with Gasteiger partial charge in [-0.05, 0) is 12.5 Å². The van der Waals surface area contributed by atoms with Crippen LogP contribution in [-0.4, -0.2) is 15.1 Å². The Bertz CT molecular complexity index is 440. The van der Waals surface area contributed by atoms with Crippen LogP contribution >= 0.6 is 0 Å². The summed E-state index contributed by atoms with van der Waals surface area (Å²) in [5.41, 5.74) is 7.41. The summed E-state index contributed by atoms with van der Waals surface area (Å²) in [6.45, 7) is 2.37. The van der Waals surface area contributed by atoms with E-state index in [1.54, 1.807) is 12.3 Å². The van der Waals surface area contributed by atoms with Crippen molar-refractivity contribution in [1.29, 1.82) is 0 Å². The molecule has 0 spiro atoms. The third kappa shape index (κ3) is 2.22. The standard InChI is InChI=1S/C9H11N5O/c1-6-3-11-8(2-7(6)10)12-4-9-13-5-15-14-9/h2-3,5H,4H2,1H3,(H3,10,11,12). The van der Waals surface area contributed by atoms with E-state index >= 15 is 0 Å².